The summed E-state index contributed by atoms with van der Waals surface area (Å²) < 4.78 is 62.8. The lowest BCUT2D eigenvalue weighted by atomic mass is 9.80. The zero-order valence-electron chi connectivity index (χ0n) is 55.0. The minimum atomic E-state index is -2.49. The molecule has 0 aromatic rings. The second-order valence-corrected chi connectivity index (χ2v) is 24.7. The van der Waals surface area contributed by atoms with Crippen LogP contribution < -0.4 is 11.1 Å². The van der Waals surface area contributed by atoms with Gasteiger partial charge in [-0.3, -0.25) is 19.2 Å². The van der Waals surface area contributed by atoms with Crippen molar-refractivity contribution in [3.8, 4) is 0 Å². The average Bonchev–Trinajstić information content (AvgIpc) is 0.810. The molecule has 16 atom stereocenters. The van der Waals surface area contributed by atoms with Crippen LogP contribution in [0.1, 0.15) is 132 Å². The number of cyclic esters (lactones) is 1. The van der Waals surface area contributed by atoms with Gasteiger partial charge >= 0.3 is 12.1 Å². The quantitative estimate of drug-likeness (QED) is 0.0278. The molecule has 90 heavy (non-hydrogen) atoms. The van der Waals surface area contributed by atoms with Gasteiger partial charge in [0.2, 0.25) is 5.79 Å². The zero-order chi connectivity index (χ0) is 66.2. The topological polar surface area (TPSA) is 326 Å². The van der Waals surface area contributed by atoms with Crippen LogP contribution in [0, 0.1) is 29.6 Å². The third-order valence-electron chi connectivity index (χ3n) is 17.4. The maximum Gasteiger partial charge on any atom is 0.407 e. The number of carbonyl (C=O) groups excluding carboxylic acids is 6. The number of Topliss-reactive ketones (excluding diaryl/α,β-unsaturated/α-hetero) is 3. The molecule has 2 amide bonds. The van der Waals surface area contributed by atoms with Gasteiger partial charge in [0.25, 0.3) is 11.7 Å². The van der Waals surface area contributed by atoms with E-state index in [1.807, 2.05) is 44.2 Å². The molecule has 0 unspecified atom stereocenters. The Morgan fingerprint density at radius 2 is 1.34 bits per heavy atom. The summed E-state index contributed by atoms with van der Waals surface area (Å²) in [7, 11) is 3.08. The molecule has 3 aliphatic heterocycles. The summed E-state index contributed by atoms with van der Waals surface area (Å²) in [4.78, 5) is 81.9. The Balaban J connectivity index is 1.37. The summed E-state index contributed by atoms with van der Waals surface area (Å²) in [6, 6.07) is -2.13. The normalized spacial score (nSPS) is 33.2. The van der Waals surface area contributed by atoms with Crippen molar-refractivity contribution >= 4 is 35.3 Å². The highest BCUT2D eigenvalue weighted by Gasteiger charge is 2.53. The second-order valence-electron chi connectivity index (χ2n) is 24.7. The number of alkyl carbamates (subject to hydrolysis) is 1. The summed E-state index contributed by atoms with van der Waals surface area (Å²) in [5.41, 5.74) is 8.10. The standard InChI is InChI=1S/C66H109N3O21/c1-43-15-11-10-12-16-44(2)56(80-8)41-51-20-18-48(6)66(79,90-51)62(75)63(76)69-24-14-13-17-53(69)64(77)88-57(42-54(71)45(3)38-47(5)60(73)61(74)59(72)46(4)37-43)52(67)39-50-19-21-55(58(40-50)81-9)89-65(78)68-23-26-83-28-30-85-32-34-87-36-35-86-33-31-84-29-27-82-25-22-49(7)70/h10-12,15-16,38,43,45-46,48,50-58,60-61,71,73-74,79H,13-14,17-37,39-42,67H2,1-9H3,(H,68,78)/b12-10+,15-11+,44-16+,47-38+/t43-,45-,46-,48-,50+,51+,52-,53+,54-,55-,56+,57+,58-,60-,61+,66-/m1/s1. The van der Waals surface area contributed by atoms with E-state index in [4.69, 9.17) is 57.8 Å². The smallest absolute Gasteiger partial charge is 0.407 e. The summed E-state index contributed by atoms with van der Waals surface area (Å²) >= 11 is 0. The van der Waals surface area contributed by atoms with Crippen LogP contribution in [0.25, 0.3) is 0 Å². The van der Waals surface area contributed by atoms with Gasteiger partial charge in [0, 0.05) is 70.4 Å². The van der Waals surface area contributed by atoms with Crippen molar-refractivity contribution in [3.63, 3.8) is 0 Å². The maximum atomic E-state index is 14.6. The first-order valence-electron chi connectivity index (χ1n) is 32.5. The summed E-state index contributed by atoms with van der Waals surface area (Å²) in [5, 5.41) is 49.1. The number of hydrogen-bond donors (Lipinski definition) is 6. The molecule has 0 spiro atoms. The lowest BCUT2D eigenvalue weighted by molar-refractivity contribution is -0.265. The van der Waals surface area contributed by atoms with E-state index in [0.29, 0.717) is 130 Å². The van der Waals surface area contributed by atoms with E-state index >= 15 is 0 Å². The third-order valence-corrected chi connectivity index (χ3v) is 17.4. The first-order chi connectivity index (χ1) is 43.0. The third kappa shape index (κ3) is 26.9. The predicted octanol–water partition coefficient (Wildman–Crippen LogP) is 4.82. The van der Waals surface area contributed by atoms with E-state index in [1.54, 1.807) is 40.9 Å². The van der Waals surface area contributed by atoms with E-state index in [1.165, 1.54) is 14.0 Å². The number of nitrogens with zero attached hydrogens (tertiary/aromatic N) is 1. The molecule has 7 N–H and O–H groups in total. The van der Waals surface area contributed by atoms with Crippen LogP contribution in [0.15, 0.2) is 47.6 Å². The van der Waals surface area contributed by atoms with Gasteiger partial charge in [-0.15, -0.1) is 0 Å². The molecule has 3 heterocycles. The molecule has 2 bridgehead atoms. The molecule has 2 saturated heterocycles. The molecule has 514 valence electrons. The fourth-order valence-electron chi connectivity index (χ4n) is 11.7. The molecular formula is C66H109N3O21. The first kappa shape index (κ1) is 78.1. The number of aliphatic hydroxyl groups excluding tert-OH is 3. The highest BCUT2D eigenvalue weighted by Crippen LogP contribution is 2.38. The molecule has 24 nitrogen and oxygen atoms in total. The lowest BCUT2D eigenvalue weighted by Gasteiger charge is -2.42. The number of aliphatic hydroxyl groups is 4. The number of carbonyl (C=O) groups is 6. The minimum absolute atomic E-state index is 0.0234. The van der Waals surface area contributed by atoms with Crippen molar-refractivity contribution in [2.24, 2.45) is 35.3 Å². The zero-order valence-corrected chi connectivity index (χ0v) is 55.0. The first-order valence-corrected chi connectivity index (χ1v) is 32.5. The molecule has 3 fully saturated rings. The van der Waals surface area contributed by atoms with Gasteiger partial charge in [0.15, 0.2) is 5.78 Å². The number of nitrogens with one attached hydrogen (secondary N) is 1. The van der Waals surface area contributed by atoms with E-state index in [-0.39, 0.29) is 68.6 Å². The molecule has 0 aromatic heterocycles. The largest absolute Gasteiger partial charge is 0.459 e. The molecule has 4 rings (SSSR count). The number of allylic oxidation sites excluding steroid dienone is 5. The van der Waals surface area contributed by atoms with Crippen molar-refractivity contribution in [1.82, 2.24) is 10.2 Å². The Morgan fingerprint density at radius 3 is 1.96 bits per heavy atom. The highest BCUT2D eigenvalue weighted by atomic mass is 16.6. The van der Waals surface area contributed by atoms with Crippen LogP contribution in [0.4, 0.5) is 4.79 Å². The number of amides is 2. The Morgan fingerprint density at radius 1 is 0.722 bits per heavy atom. The second kappa shape index (κ2) is 42.1. The lowest BCUT2D eigenvalue weighted by Crippen LogP contribution is -2.61. The summed E-state index contributed by atoms with van der Waals surface area (Å²) in [5.74, 6) is -8.31. The Hall–Kier alpha value is -4.38. The Bertz CT molecular complexity index is 2300. The van der Waals surface area contributed by atoms with E-state index in [2.05, 4.69) is 5.32 Å². The summed E-state index contributed by atoms with van der Waals surface area (Å²) in [6.07, 6.45) is 6.88. The molecule has 4 aliphatic rings. The number of ketones is 3. The van der Waals surface area contributed by atoms with E-state index in [9.17, 15) is 49.2 Å². The number of methoxy groups -OCH3 is 2. The molecule has 24 heteroatoms. The maximum absolute atomic E-state index is 14.6. The van der Waals surface area contributed by atoms with Gasteiger partial charge in [-0.25, -0.2) is 9.59 Å². The SMILES string of the molecule is CO[C@H]1C[C@@H]2CC[C@@H](C)[C@@](O)(O2)C(=O)C(=O)N2CCCC[C@H]2C(=O)O[C@H]([C@H](N)C[C@@H]2CC[C@@H](OC(=O)NCCOCCOCCOCCOCCOCCOCCC(C)=O)[C@H](OC)C2)C[C@@H](O)[C@H](C)/C=C(\C)[C@@H](O)[C@@H](O)C(=O)[C@H](C)C[C@H](C)/C=C/C=C/C=C/1C. The van der Waals surface area contributed by atoms with Gasteiger partial charge < -0.3 is 88.5 Å². The monoisotopic (exact) mass is 1280 g/mol. The molecule has 1 aliphatic carbocycles. The highest BCUT2D eigenvalue weighted by molar-refractivity contribution is 6.39. The van der Waals surface area contributed by atoms with Gasteiger partial charge in [-0.2, -0.15) is 0 Å². The van der Waals surface area contributed by atoms with Crippen molar-refractivity contribution < 1.29 is 101 Å². The van der Waals surface area contributed by atoms with Crippen LogP contribution in [0.5, 0.6) is 0 Å². The molecular weight excluding hydrogens is 1170 g/mol. The van der Waals surface area contributed by atoms with Crippen molar-refractivity contribution in [1.29, 1.82) is 0 Å². The van der Waals surface area contributed by atoms with Crippen LogP contribution in [-0.4, -0.2) is 234 Å². The van der Waals surface area contributed by atoms with E-state index < -0.39 is 114 Å². The Labute approximate surface area is 533 Å². The minimum Gasteiger partial charge on any atom is -0.459 e. The fraction of sp³-hybridized carbons (Fsp3) is 0.788. The van der Waals surface area contributed by atoms with Gasteiger partial charge in [0.1, 0.15) is 36.2 Å². The average molecular weight is 1280 g/mol. The Kier molecular flexibility index (Phi) is 36.5. The van der Waals surface area contributed by atoms with Gasteiger partial charge in [-0.1, -0.05) is 64.2 Å². The predicted molar refractivity (Wildman–Crippen MR) is 333 cm³/mol. The van der Waals surface area contributed by atoms with E-state index in [0.717, 1.165) is 10.5 Å². The van der Waals surface area contributed by atoms with Crippen molar-refractivity contribution in [2.75, 3.05) is 107 Å². The number of piperidine rings is 1. The van der Waals surface area contributed by atoms with Crippen LogP contribution in [-0.2, 0) is 76.1 Å². The number of nitrogens with two attached hydrogens (primary N) is 1. The molecule has 1 saturated carbocycles. The number of esters is 1. The van der Waals surface area contributed by atoms with Crippen LogP contribution in [0.2, 0.25) is 0 Å². The van der Waals surface area contributed by atoms with Gasteiger partial charge in [-0.05, 0) is 108 Å². The van der Waals surface area contributed by atoms with Crippen LogP contribution in [0.3, 0.4) is 0 Å². The number of ether oxygens (including phenoxy) is 11. The van der Waals surface area contributed by atoms with Gasteiger partial charge in [0.05, 0.1) is 104 Å². The molecule has 0 radical (unpaired) electrons. The van der Waals surface area contributed by atoms with Crippen molar-refractivity contribution in [2.45, 2.75) is 199 Å². The van der Waals surface area contributed by atoms with Crippen LogP contribution >= 0.6 is 0 Å². The number of hydrogen-bond acceptors (Lipinski definition) is 22. The fourth-order valence-corrected chi connectivity index (χ4v) is 11.7. The summed E-state index contributed by atoms with van der Waals surface area (Å²) in [6.45, 7) is 16.7. The molecule has 0 aromatic carbocycles. The number of fused-ring (bicyclic) bond motifs is 3. The van der Waals surface area contributed by atoms with Crippen molar-refractivity contribution in [3.05, 3.63) is 47.6 Å². The number of rotatable bonds is 27.